The monoisotopic (exact) mass is 256 g/mol. The first kappa shape index (κ1) is 13.2. The largest absolute Gasteiger partial charge is 0.351 e. The Labute approximate surface area is 108 Å². The maximum atomic E-state index is 12.1. The van der Waals surface area contributed by atoms with Crippen LogP contribution in [0.15, 0.2) is 0 Å². The maximum Gasteiger partial charge on any atom is 0.237 e. The van der Waals surface area contributed by atoms with Gasteiger partial charge in [-0.3, -0.25) is 4.79 Å². The molecule has 3 nitrogen and oxygen atoms in total. The molecule has 17 heavy (non-hydrogen) atoms. The molecule has 0 spiro atoms. The van der Waals surface area contributed by atoms with E-state index in [9.17, 15) is 4.79 Å². The fourth-order valence-electron chi connectivity index (χ4n) is 2.86. The van der Waals surface area contributed by atoms with Gasteiger partial charge < -0.3 is 10.6 Å². The van der Waals surface area contributed by atoms with Gasteiger partial charge in [0, 0.05) is 11.3 Å². The van der Waals surface area contributed by atoms with E-state index in [1.165, 1.54) is 25.7 Å². The van der Waals surface area contributed by atoms with Gasteiger partial charge in [-0.05, 0) is 38.0 Å². The minimum Gasteiger partial charge on any atom is -0.351 e. The molecular formula is C13H24N2OS. The topological polar surface area (TPSA) is 41.1 Å². The van der Waals surface area contributed by atoms with E-state index < -0.39 is 0 Å². The summed E-state index contributed by atoms with van der Waals surface area (Å²) >= 11 is 2.00. The molecule has 0 radical (unpaired) electrons. The Morgan fingerprint density at radius 2 is 2.18 bits per heavy atom. The number of hydrogen-bond acceptors (Lipinski definition) is 3. The Morgan fingerprint density at radius 1 is 1.29 bits per heavy atom. The van der Waals surface area contributed by atoms with Crippen LogP contribution in [0.4, 0.5) is 0 Å². The summed E-state index contributed by atoms with van der Waals surface area (Å²) in [6.07, 6.45) is 7.09. The third-order valence-corrected chi connectivity index (χ3v) is 5.11. The first-order valence-electron chi connectivity index (χ1n) is 6.96. The lowest BCUT2D eigenvalue weighted by Crippen LogP contribution is -2.50. The summed E-state index contributed by atoms with van der Waals surface area (Å²) in [6.45, 7) is 3.19. The van der Waals surface area contributed by atoms with Gasteiger partial charge in [-0.1, -0.05) is 19.8 Å². The number of nitrogens with one attached hydrogen (secondary N) is 2. The van der Waals surface area contributed by atoms with E-state index in [2.05, 4.69) is 17.6 Å². The van der Waals surface area contributed by atoms with Gasteiger partial charge in [0.05, 0.1) is 6.04 Å². The summed E-state index contributed by atoms with van der Waals surface area (Å²) in [5, 5.41) is 7.23. The summed E-state index contributed by atoms with van der Waals surface area (Å²) in [7, 11) is 0. The van der Waals surface area contributed by atoms with Crippen LogP contribution in [0, 0.1) is 0 Å². The Kier molecular flexibility index (Phi) is 5.16. The molecule has 2 N–H and O–H groups in total. The number of piperidine rings is 1. The van der Waals surface area contributed by atoms with E-state index in [4.69, 9.17) is 0 Å². The van der Waals surface area contributed by atoms with Crippen LogP contribution < -0.4 is 10.6 Å². The van der Waals surface area contributed by atoms with Crippen molar-refractivity contribution in [3.8, 4) is 0 Å². The molecule has 1 saturated heterocycles. The molecule has 98 valence electrons. The Morgan fingerprint density at radius 3 is 2.88 bits per heavy atom. The van der Waals surface area contributed by atoms with Crippen molar-refractivity contribution in [3.63, 3.8) is 0 Å². The summed E-state index contributed by atoms with van der Waals surface area (Å²) in [4.78, 5) is 12.1. The molecule has 4 heteroatoms. The lowest BCUT2D eigenvalue weighted by Gasteiger charge is -2.26. The van der Waals surface area contributed by atoms with Crippen molar-refractivity contribution in [3.05, 3.63) is 0 Å². The van der Waals surface area contributed by atoms with Gasteiger partial charge in [0.1, 0.15) is 0 Å². The van der Waals surface area contributed by atoms with Crippen molar-refractivity contribution in [1.82, 2.24) is 10.6 Å². The number of carbonyl (C=O) groups excluding carboxylic acids is 1. The summed E-state index contributed by atoms with van der Waals surface area (Å²) < 4.78 is 0. The fourth-order valence-corrected chi connectivity index (χ4v) is 4.06. The van der Waals surface area contributed by atoms with Crippen LogP contribution in [0.1, 0.15) is 45.4 Å². The molecule has 3 unspecified atom stereocenters. The second-order valence-electron chi connectivity index (χ2n) is 5.04. The first-order valence-corrected chi connectivity index (χ1v) is 8.01. The van der Waals surface area contributed by atoms with Gasteiger partial charge in [0.2, 0.25) is 5.91 Å². The van der Waals surface area contributed by atoms with Crippen molar-refractivity contribution in [2.45, 2.75) is 62.8 Å². The highest BCUT2D eigenvalue weighted by atomic mass is 32.2. The summed E-state index contributed by atoms with van der Waals surface area (Å²) in [6, 6.07) is 0.479. The summed E-state index contributed by atoms with van der Waals surface area (Å²) in [5.41, 5.74) is 0. The smallest absolute Gasteiger partial charge is 0.237 e. The molecule has 1 aliphatic heterocycles. The zero-order valence-corrected chi connectivity index (χ0v) is 11.5. The molecule has 3 atom stereocenters. The average Bonchev–Trinajstić information content (AvgIpc) is 2.78. The van der Waals surface area contributed by atoms with Crippen LogP contribution >= 0.6 is 11.8 Å². The quantitative estimate of drug-likeness (QED) is 0.807. The predicted octanol–water partition coefficient (Wildman–Crippen LogP) is 1.92. The SMILES string of the molecule is CCSC1CCCC1NC(=O)C1CCCCN1. The third kappa shape index (κ3) is 3.62. The number of carbonyl (C=O) groups is 1. The number of rotatable bonds is 4. The second kappa shape index (κ2) is 6.64. The predicted molar refractivity (Wildman–Crippen MR) is 73.3 cm³/mol. The Balaban J connectivity index is 1.80. The highest BCUT2D eigenvalue weighted by molar-refractivity contribution is 7.99. The molecule has 0 aromatic rings. The van der Waals surface area contributed by atoms with Gasteiger partial charge in [0.15, 0.2) is 0 Å². The highest BCUT2D eigenvalue weighted by Crippen LogP contribution is 2.30. The Bertz CT molecular complexity index is 254. The van der Waals surface area contributed by atoms with Gasteiger partial charge in [-0.15, -0.1) is 0 Å². The number of amides is 1. The lowest BCUT2D eigenvalue weighted by atomic mass is 10.0. The van der Waals surface area contributed by atoms with E-state index in [0.29, 0.717) is 11.3 Å². The second-order valence-corrected chi connectivity index (χ2v) is 6.56. The van der Waals surface area contributed by atoms with E-state index in [-0.39, 0.29) is 11.9 Å². The molecule has 1 amide bonds. The van der Waals surface area contributed by atoms with Gasteiger partial charge in [-0.2, -0.15) is 11.8 Å². The molecular weight excluding hydrogens is 232 g/mol. The Hall–Kier alpha value is -0.220. The molecule has 0 aromatic carbocycles. The van der Waals surface area contributed by atoms with Crippen molar-refractivity contribution in [2.24, 2.45) is 0 Å². The number of hydrogen-bond donors (Lipinski definition) is 2. The zero-order valence-electron chi connectivity index (χ0n) is 10.7. The van der Waals surface area contributed by atoms with E-state index in [0.717, 1.165) is 25.1 Å². The molecule has 1 heterocycles. The van der Waals surface area contributed by atoms with Crippen molar-refractivity contribution >= 4 is 17.7 Å². The van der Waals surface area contributed by atoms with Crippen LogP contribution in [0.3, 0.4) is 0 Å². The van der Waals surface area contributed by atoms with Crippen molar-refractivity contribution in [1.29, 1.82) is 0 Å². The minimum absolute atomic E-state index is 0.0663. The van der Waals surface area contributed by atoms with Gasteiger partial charge >= 0.3 is 0 Å². The van der Waals surface area contributed by atoms with Crippen LogP contribution in [0.2, 0.25) is 0 Å². The van der Waals surface area contributed by atoms with Crippen LogP contribution in [0.25, 0.3) is 0 Å². The lowest BCUT2D eigenvalue weighted by molar-refractivity contribution is -0.124. The third-order valence-electron chi connectivity index (χ3n) is 3.79. The summed E-state index contributed by atoms with van der Waals surface area (Å²) in [5.74, 6) is 1.39. The van der Waals surface area contributed by atoms with Crippen LogP contribution in [-0.2, 0) is 4.79 Å². The van der Waals surface area contributed by atoms with E-state index in [1.54, 1.807) is 0 Å². The molecule has 1 saturated carbocycles. The zero-order chi connectivity index (χ0) is 12.1. The highest BCUT2D eigenvalue weighted by Gasteiger charge is 2.30. The molecule has 0 bridgehead atoms. The van der Waals surface area contributed by atoms with E-state index >= 15 is 0 Å². The standard InChI is InChI=1S/C13H24N2OS/c1-2-17-12-8-5-7-10(12)15-13(16)11-6-3-4-9-14-11/h10-12,14H,2-9H2,1H3,(H,15,16). The van der Waals surface area contributed by atoms with Gasteiger partial charge in [-0.25, -0.2) is 0 Å². The molecule has 2 fully saturated rings. The van der Waals surface area contributed by atoms with Crippen LogP contribution in [0.5, 0.6) is 0 Å². The number of thioether (sulfide) groups is 1. The molecule has 2 rings (SSSR count). The normalized spacial score (nSPS) is 33.6. The molecule has 0 aromatic heterocycles. The minimum atomic E-state index is 0.0663. The van der Waals surface area contributed by atoms with Crippen molar-refractivity contribution in [2.75, 3.05) is 12.3 Å². The van der Waals surface area contributed by atoms with E-state index in [1.807, 2.05) is 11.8 Å². The van der Waals surface area contributed by atoms with Gasteiger partial charge in [0.25, 0.3) is 0 Å². The fraction of sp³-hybridized carbons (Fsp3) is 0.923. The molecule has 1 aliphatic carbocycles. The van der Waals surface area contributed by atoms with Crippen LogP contribution in [-0.4, -0.2) is 35.5 Å². The first-order chi connectivity index (χ1) is 8.31. The van der Waals surface area contributed by atoms with Crippen molar-refractivity contribution < 1.29 is 4.79 Å². The average molecular weight is 256 g/mol. The maximum absolute atomic E-state index is 12.1. The molecule has 2 aliphatic rings.